The van der Waals surface area contributed by atoms with Crippen molar-refractivity contribution >= 4 is 5.91 Å². The lowest BCUT2D eigenvalue weighted by Gasteiger charge is -2.42. The molecule has 0 atom stereocenters. The molecule has 166 valence electrons. The van der Waals surface area contributed by atoms with Gasteiger partial charge in [-0.15, -0.1) is 0 Å². The van der Waals surface area contributed by atoms with Crippen LogP contribution in [-0.2, 0) is 11.8 Å². The topological polar surface area (TPSA) is 32.3 Å². The Morgan fingerprint density at radius 2 is 1.47 bits per heavy atom. The van der Waals surface area contributed by atoms with Crippen molar-refractivity contribution in [2.45, 2.75) is 38.5 Å². The average Bonchev–Trinajstić information content (AvgIpc) is 2.84. The molecule has 0 bridgehead atoms. The van der Waals surface area contributed by atoms with Crippen LogP contribution in [0.1, 0.15) is 45.5 Å². The predicted molar refractivity (Wildman–Crippen MR) is 132 cm³/mol. The van der Waals surface area contributed by atoms with Gasteiger partial charge in [0.2, 0.25) is 0 Å². The molecule has 1 amide bonds. The van der Waals surface area contributed by atoms with Crippen LogP contribution in [0.25, 0.3) is 0 Å². The Balaban J connectivity index is 1.42. The number of piperidine rings is 1. The molecule has 3 heteroatoms. The van der Waals surface area contributed by atoms with Crippen molar-refractivity contribution in [3.05, 3.63) is 107 Å². The van der Waals surface area contributed by atoms with Crippen LogP contribution in [0.2, 0.25) is 0 Å². The average molecular weight is 427 g/mol. The van der Waals surface area contributed by atoms with Gasteiger partial charge in [-0.25, -0.2) is 0 Å². The zero-order valence-electron chi connectivity index (χ0n) is 19.3. The van der Waals surface area contributed by atoms with Crippen LogP contribution < -0.4 is 5.32 Å². The molecule has 3 aromatic carbocycles. The summed E-state index contributed by atoms with van der Waals surface area (Å²) in [6.45, 7) is 8.07. The smallest absolute Gasteiger partial charge is 0.251 e. The number of likely N-dealkylation sites (tertiary alicyclic amines) is 1. The molecule has 4 rings (SSSR count). The summed E-state index contributed by atoms with van der Waals surface area (Å²) in [5.41, 5.74) is 5.93. The summed E-state index contributed by atoms with van der Waals surface area (Å²) in [7, 11) is 0. The fourth-order valence-corrected chi connectivity index (χ4v) is 4.91. The fraction of sp³-hybridized carbons (Fsp3) is 0.345. The van der Waals surface area contributed by atoms with Crippen molar-refractivity contribution in [3.8, 4) is 0 Å². The van der Waals surface area contributed by atoms with Gasteiger partial charge in [0, 0.05) is 24.1 Å². The fourth-order valence-electron chi connectivity index (χ4n) is 4.91. The maximum atomic E-state index is 12.9. The highest BCUT2D eigenvalue weighted by Crippen LogP contribution is 2.35. The van der Waals surface area contributed by atoms with Crippen molar-refractivity contribution in [2.75, 3.05) is 26.2 Å². The Kier molecular flexibility index (Phi) is 7.06. The summed E-state index contributed by atoms with van der Waals surface area (Å²) in [4.78, 5) is 15.5. The minimum Gasteiger partial charge on any atom is -0.351 e. The molecule has 3 nitrogen and oxygen atoms in total. The van der Waals surface area contributed by atoms with Crippen LogP contribution in [0.3, 0.4) is 0 Å². The molecular weight excluding hydrogens is 392 g/mol. The quantitative estimate of drug-likeness (QED) is 0.555. The summed E-state index contributed by atoms with van der Waals surface area (Å²) in [6, 6.07) is 27.3. The van der Waals surface area contributed by atoms with E-state index in [1.165, 1.54) is 16.7 Å². The third-order valence-electron chi connectivity index (χ3n) is 7.13. The monoisotopic (exact) mass is 426 g/mol. The number of hydrogen-bond donors (Lipinski definition) is 1. The largest absolute Gasteiger partial charge is 0.351 e. The molecule has 1 saturated heterocycles. The van der Waals surface area contributed by atoms with Crippen molar-refractivity contribution in [1.82, 2.24) is 10.2 Å². The van der Waals surface area contributed by atoms with Crippen LogP contribution in [-0.4, -0.2) is 37.0 Å². The van der Waals surface area contributed by atoms with E-state index in [-0.39, 0.29) is 11.3 Å². The van der Waals surface area contributed by atoms with E-state index in [1.807, 2.05) is 31.2 Å². The number of amides is 1. The number of nitrogens with zero attached hydrogens (tertiary/aromatic N) is 1. The number of rotatable bonds is 7. The van der Waals surface area contributed by atoms with Crippen LogP contribution in [0, 0.1) is 13.8 Å². The number of carbonyl (C=O) groups is 1. The first-order valence-corrected chi connectivity index (χ1v) is 11.7. The van der Waals surface area contributed by atoms with Crippen molar-refractivity contribution in [2.24, 2.45) is 0 Å². The summed E-state index contributed by atoms with van der Waals surface area (Å²) >= 11 is 0. The van der Waals surface area contributed by atoms with E-state index in [0.29, 0.717) is 6.54 Å². The maximum Gasteiger partial charge on any atom is 0.251 e. The zero-order valence-corrected chi connectivity index (χ0v) is 19.3. The van der Waals surface area contributed by atoms with Crippen LogP contribution in [0.15, 0.2) is 78.9 Å². The van der Waals surface area contributed by atoms with E-state index >= 15 is 0 Å². The van der Waals surface area contributed by atoms with Crippen molar-refractivity contribution < 1.29 is 4.79 Å². The molecule has 1 aliphatic rings. The molecule has 3 aromatic rings. The van der Waals surface area contributed by atoms with Crippen molar-refractivity contribution in [3.63, 3.8) is 0 Å². The van der Waals surface area contributed by atoms with Gasteiger partial charge in [0.05, 0.1) is 0 Å². The van der Waals surface area contributed by atoms with E-state index in [9.17, 15) is 4.79 Å². The van der Waals surface area contributed by atoms with Crippen LogP contribution >= 0.6 is 0 Å². The molecule has 1 heterocycles. The van der Waals surface area contributed by atoms with Gasteiger partial charge in [0.15, 0.2) is 0 Å². The minimum atomic E-state index is -0.0151. The number of aryl methyl sites for hydroxylation is 2. The number of nitrogens with one attached hydrogen (secondary N) is 1. The molecule has 1 N–H and O–H groups in total. The van der Waals surface area contributed by atoms with Crippen molar-refractivity contribution in [1.29, 1.82) is 0 Å². The van der Waals surface area contributed by atoms with E-state index in [2.05, 4.69) is 71.7 Å². The summed E-state index contributed by atoms with van der Waals surface area (Å²) in [5.74, 6) is 0.0281. The first kappa shape index (κ1) is 22.3. The zero-order chi connectivity index (χ0) is 22.4. The van der Waals surface area contributed by atoms with Gasteiger partial charge in [-0.05, 0) is 74.5 Å². The molecule has 0 spiro atoms. The molecule has 0 aromatic heterocycles. The lowest BCUT2D eigenvalue weighted by molar-refractivity contribution is 0.0921. The highest BCUT2D eigenvalue weighted by molar-refractivity contribution is 5.95. The Labute approximate surface area is 192 Å². The van der Waals surface area contributed by atoms with Gasteiger partial charge < -0.3 is 10.2 Å². The second-order valence-electron chi connectivity index (χ2n) is 9.16. The first-order valence-electron chi connectivity index (χ1n) is 11.7. The maximum absolute atomic E-state index is 12.9. The van der Waals surface area contributed by atoms with Gasteiger partial charge in [0.1, 0.15) is 0 Å². The Bertz CT molecular complexity index is 1040. The lowest BCUT2D eigenvalue weighted by Crippen LogP contribution is -2.49. The van der Waals surface area contributed by atoms with Crippen LogP contribution in [0.5, 0.6) is 0 Å². The molecule has 1 aliphatic heterocycles. The van der Waals surface area contributed by atoms with Gasteiger partial charge in [-0.3, -0.25) is 4.79 Å². The number of carbonyl (C=O) groups excluding carboxylic acids is 1. The first-order chi connectivity index (χ1) is 15.6. The molecule has 32 heavy (non-hydrogen) atoms. The second-order valence-corrected chi connectivity index (χ2v) is 9.16. The number of hydrogen-bond acceptors (Lipinski definition) is 2. The highest BCUT2D eigenvalue weighted by atomic mass is 16.1. The van der Waals surface area contributed by atoms with Gasteiger partial charge >= 0.3 is 0 Å². The minimum absolute atomic E-state index is 0.0151. The molecule has 0 unspecified atom stereocenters. The molecule has 1 fully saturated rings. The van der Waals surface area contributed by atoms with E-state index in [4.69, 9.17) is 0 Å². The highest BCUT2D eigenvalue weighted by Gasteiger charge is 2.36. The summed E-state index contributed by atoms with van der Waals surface area (Å²) in [5, 5.41) is 3.27. The lowest BCUT2D eigenvalue weighted by atomic mass is 9.72. The van der Waals surface area contributed by atoms with E-state index in [0.717, 1.165) is 50.0 Å². The predicted octanol–water partition coefficient (Wildman–Crippen LogP) is 5.31. The molecule has 0 radical (unpaired) electrons. The SMILES string of the molecule is Cc1ccccc1CCN1CCC(CNC(=O)c2ccccc2C)(c2ccccc2)CC1. The van der Waals surface area contributed by atoms with E-state index < -0.39 is 0 Å². The van der Waals surface area contributed by atoms with Gasteiger partial charge in [-0.1, -0.05) is 72.8 Å². The number of benzene rings is 3. The van der Waals surface area contributed by atoms with Gasteiger partial charge in [-0.2, -0.15) is 0 Å². The molecular formula is C29H34N2O. The van der Waals surface area contributed by atoms with Crippen LogP contribution in [0.4, 0.5) is 0 Å². The normalized spacial score (nSPS) is 15.9. The second kappa shape index (κ2) is 10.1. The Morgan fingerprint density at radius 1 is 0.844 bits per heavy atom. The summed E-state index contributed by atoms with van der Waals surface area (Å²) in [6.07, 6.45) is 3.20. The Hall–Kier alpha value is -2.91. The molecule has 0 saturated carbocycles. The third kappa shape index (κ3) is 5.11. The standard InChI is InChI=1S/C29H34N2O/c1-23-10-6-8-12-25(23)16-19-31-20-17-29(18-21-31,26-13-4-3-5-14-26)22-30-28(32)27-15-9-7-11-24(27)2/h3-15H,16-22H2,1-2H3,(H,30,32). The third-order valence-corrected chi connectivity index (χ3v) is 7.13. The van der Waals surface area contributed by atoms with E-state index in [1.54, 1.807) is 0 Å². The summed E-state index contributed by atoms with van der Waals surface area (Å²) < 4.78 is 0. The Morgan fingerprint density at radius 3 is 2.16 bits per heavy atom. The van der Waals surface area contributed by atoms with Gasteiger partial charge in [0.25, 0.3) is 5.91 Å². The molecule has 0 aliphatic carbocycles.